The van der Waals surface area contributed by atoms with Crippen molar-refractivity contribution in [3.63, 3.8) is 0 Å². The second-order valence-corrected chi connectivity index (χ2v) is 9.92. The molecule has 0 unspecified atom stereocenters. The number of carbonyl (C=O) groups excluding carboxylic acids is 1. The molecule has 10 heteroatoms. The van der Waals surface area contributed by atoms with Crippen LogP contribution >= 0.6 is 11.3 Å². The molecule has 7 nitrogen and oxygen atoms in total. The van der Waals surface area contributed by atoms with Gasteiger partial charge in [-0.25, -0.2) is 17.9 Å². The van der Waals surface area contributed by atoms with Crippen LogP contribution in [0.4, 0.5) is 10.5 Å². The minimum atomic E-state index is -3.87. The number of hydrogen-bond acceptors (Lipinski definition) is 6. The fourth-order valence-corrected chi connectivity index (χ4v) is 4.71. The highest BCUT2D eigenvalue weighted by atomic mass is 32.2. The molecule has 2 radical (unpaired) electrons. The van der Waals surface area contributed by atoms with Crippen LogP contribution in [0.3, 0.4) is 0 Å². The van der Waals surface area contributed by atoms with E-state index in [1.807, 2.05) is 0 Å². The Kier molecular flexibility index (Phi) is 6.33. The summed E-state index contributed by atoms with van der Waals surface area (Å²) in [5.41, 5.74) is 0.0722. The van der Waals surface area contributed by atoms with Gasteiger partial charge in [-0.15, -0.1) is 11.3 Å². The van der Waals surface area contributed by atoms with E-state index in [9.17, 15) is 13.2 Å². The average molecular weight is 411 g/mol. The summed E-state index contributed by atoms with van der Waals surface area (Å²) in [7, 11) is 1.81. The van der Waals surface area contributed by atoms with E-state index >= 15 is 0 Å². The second-order valence-electron chi connectivity index (χ2n) is 7.21. The molecule has 148 valence electrons. The molecule has 0 spiro atoms. The molecule has 0 aliphatic rings. The highest BCUT2D eigenvalue weighted by Gasteiger charge is 2.26. The van der Waals surface area contributed by atoms with Crippen molar-refractivity contribution in [3.8, 4) is 10.4 Å². The third-order valence-electron chi connectivity index (χ3n) is 3.09. The highest BCUT2D eigenvalue weighted by Crippen LogP contribution is 2.32. The van der Waals surface area contributed by atoms with Crippen LogP contribution in [-0.2, 0) is 14.8 Å². The number of nitrogens with one attached hydrogen (secondary N) is 2. The molecule has 0 fully saturated rings. The molecule has 0 saturated heterocycles. The third-order valence-corrected chi connectivity index (χ3v) is 5.75. The van der Waals surface area contributed by atoms with Crippen molar-refractivity contribution in [2.45, 2.75) is 51.2 Å². The maximum absolute atomic E-state index is 13.0. The minimum Gasteiger partial charge on any atom is -0.447 e. The van der Waals surface area contributed by atoms with Gasteiger partial charge in [-0.05, 0) is 46.8 Å². The summed E-state index contributed by atoms with van der Waals surface area (Å²) in [5.74, 6) is 0. The largest absolute Gasteiger partial charge is 0.447 e. The SMILES string of the molecule is [B]c1ncc(-c2ccc(NC(=O)OC(C)C)cc2S(=O)(=O)NC(C)(C)C)s1.[HH].[HH]. The van der Waals surface area contributed by atoms with E-state index in [0.29, 0.717) is 21.0 Å². The molecule has 1 heterocycles. The van der Waals surface area contributed by atoms with Crippen LogP contribution in [0.15, 0.2) is 29.3 Å². The summed E-state index contributed by atoms with van der Waals surface area (Å²) in [6.07, 6.45) is 0.563. The Hall–Kier alpha value is -1.91. The van der Waals surface area contributed by atoms with Gasteiger partial charge in [0.25, 0.3) is 0 Å². The van der Waals surface area contributed by atoms with E-state index in [-0.39, 0.29) is 13.9 Å². The van der Waals surface area contributed by atoms with Crippen LogP contribution in [0.2, 0.25) is 0 Å². The number of amides is 1. The summed E-state index contributed by atoms with van der Waals surface area (Å²) < 4.78 is 33.6. The average Bonchev–Trinajstić information content (AvgIpc) is 2.90. The lowest BCUT2D eigenvalue weighted by atomic mass is 10.1. The van der Waals surface area contributed by atoms with E-state index in [0.717, 1.165) is 0 Å². The smallest absolute Gasteiger partial charge is 0.411 e. The van der Waals surface area contributed by atoms with Gasteiger partial charge in [-0.3, -0.25) is 10.3 Å². The molecule has 2 rings (SSSR count). The lowest BCUT2D eigenvalue weighted by Crippen LogP contribution is -2.40. The molecule has 0 aliphatic carbocycles. The van der Waals surface area contributed by atoms with Crippen molar-refractivity contribution < 1.29 is 20.8 Å². The first-order chi connectivity index (χ1) is 12.4. The van der Waals surface area contributed by atoms with Gasteiger partial charge in [0, 0.05) is 30.7 Å². The Morgan fingerprint density at radius 3 is 2.52 bits per heavy atom. The van der Waals surface area contributed by atoms with Gasteiger partial charge < -0.3 is 4.74 Å². The molecule has 0 atom stereocenters. The van der Waals surface area contributed by atoms with Gasteiger partial charge in [-0.2, -0.15) is 0 Å². The Morgan fingerprint density at radius 1 is 1.33 bits per heavy atom. The standard InChI is InChI=1S/C17H22BN3O4S2.2H2/c1-10(2)25-16(22)20-11-6-7-12(13-9-19-15(18)26-13)14(8-11)27(23,24)21-17(3,4)5;;/h6-10,21H,1-5H3,(H,20,22);2*1H. The molecule has 1 aromatic carbocycles. The summed E-state index contributed by atoms with van der Waals surface area (Å²) in [4.78, 5) is 16.8. The molecule has 0 aliphatic heterocycles. The van der Waals surface area contributed by atoms with Crippen molar-refractivity contribution in [2.75, 3.05) is 5.32 Å². The van der Waals surface area contributed by atoms with E-state index in [4.69, 9.17) is 12.6 Å². The van der Waals surface area contributed by atoms with Crippen molar-refractivity contribution in [3.05, 3.63) is 24.4 Å². The number of thiazole rings is 1. The zero-order chi connectivity index (χ0) is 20.4. The monoisotopic (exact) mass is 411 g/mol. The molecular weight excluding hydrogens is 385 g/mol. The van der Waals surface area contributed by atoms with Gasteiger partial charge in [0.15, 0.2) is 7.85 Å². The van der Waals surface area contributed by atoms with Gasteiger partial charge >= 0.3 is 6.09 Å². The molecule has 1 aromatic heterocycles. The van der Waals surface area contributed by atoms with E-state index in [1.165, 1.54) is 23.6 Å². The van der Waals surface area contributed by atoms with Crippen molar-refractivity contribution in [1.29, 1.82) is 0 Å². The number of ether oxygens (including phenoxy) is 1. The summed E-state index contributed by atoms with van der Waals surface area (Å²) in [5, 5.41) is 2.54. The quantitative estimate of drug-likeness (QED) is 0.737. The fraction of sp³-hybridized carbons (Fsp3) is 0.412. The molecule has 2 N–H and O–H groups in total. The van der Waals surface area contributed by atoms with Crippen LogP contribution in [0.25, 0.3) is 10.4 Å². The van der Waals surface area contributed by atoms with Crippen molar-refractivity contribution in [2.24, 2.45) is 0 Å². The van der Waals surface area contributed by atoms with E-state index in [2.05, 4.69) is 15.0 Å². The van der Waals surface area contributed by atoms with Crippen LogP contribution in [-0.4, -0.2) is 39.0 Å². The molecule has 2 aromatic rings. The lowest BCUT2D eigenvalue weighted by molar-refractivity contribution is 0.130. The highest BCUT2D eigenvalue weighted by molar-refractivity contribution is 7.89. The van der Waals surface area contributed by atoms with Crippen molar-refractivity contribution >= 4 is 45.9 Å². The van der Waals surface area contributed by atoms with Crippen LogP contribution < -0.4 is 14.9 Å². The summed E-state index contributed by atoms with van der Waals surface area (Å²) in [6, 6.07) is 4.60. The van der Waals surface area contributed by atoms with E-state index < -0.39 is 21.7 Å². The maximum Gasteiger partial charge on any atom is 0.411 e. The number of anilines is 1. The van der Waals surface area contributed by atoms with Crippen molar-refractivity contribution in [1.82, 2.24) is 9.71 Å². The molecule has 0 bridgehead atoms. The van der Waals surface area contributed by atoms with Gasteiger partial charge in [0.1, 0.15) is 0 Å². The first-order valence-electron chi connectivity index (χ1n) is 8.25. The Bertz CT molecular complexity index is 944. The topological polar surface area (TPSA) is 97.4 Å². The molecular formula is C17H26BN3O4S2. The summed E-state index contributed by atoms with van der Waals surface area (Å²) in [6.45, 7) is 8.69. The molecule has 1 amide bonds. The number of carbonyl (C=O) groups is 1. The number of aromatic nitrogens is 1. The second kappa shape index (κ2) is 7.99. The Labute approximate surface area is 168 Å². The van der Waals surface area contributed by atoms with Crippen LogP contribution in [0.1, 0.15) is 37.5 Å². The van der Waals surface area contributed by atoms with Gasteiger partial charge in [-0.1, -0.05) is 6.07 Å². The maximum atomic E-state index is 13.0. The van der Waals surface area contributed by atoms with Gasteiger partial charge in [0.2, 0.25) is 10.0 Å². The Morgan fingerprint density at radius 2 is 2.00 bits per heavy atom. The summed E-state index contributed by atoms with van der Waals surface area (Å²) >= 11 is 1.18. The Balaban J connectivity index is 0.00000392. The zero-order valence-electron chi connectivity index (χ0n) is 15.9. The number of rotatable bonds is 5. The fourth-order valence-electron chi connectivity index (χ4n) is 2.26. The normalized spacial score (nSPS) is 12.2. The lowest BCUT2D eigenvalue weighted by Gasteiger charge is -2.22. The predicted octanol–water partition coefficient (Wildman–Crippen LogP) is 3.13. The number of benzene rings is 1. The predicted molar refractivity (Wildman–Crippen MR) is 112 cm³/mol. The van der Waals surface area contributed by atoms with Crippen LogP contribution in [0.5, 0.6) is 0 Å². The first kappa shape index (κ1) is 21.4. The van der Waals surface area contributed by atoms with Gasteiger partial charge in [0.05, 0.1) is 15.9 Å². The number of nitrogens with zero attached hydrogens (tertiary/aromatic N) is 1. The molecule has 27 heavy (non-hydrogen) atoms. The third kappa shape index (κ3) is 6.05. The van der Waals surface area contributed by atoms with E-state index in [1.54, 1.807) is 46.8 Å². The zero-order valence-corrected chi connectivity index (χ0v) is 17.5. The van der Waals surface area contributed by atoms with Crippen LogP contribution in [0, 0.1) is 0 Å². The molecule has 0 saturated carbocycles. The minimum absolute atomic E-state index is 0. The number of hydrogen-bond donors (Lipinski definition) is 2. The first-order valence-corrected chi connectivity index (χ1v) is 10.5. The number of sulfonamides is 1.